The van der Waals surface area contributed by atoms with E-state index in [4.69, 9.17) is 37.0 Å². The largest absolute Gasteiger partial charge is 0.472 e. The molecule has 98 heavy (non-hydrogen) atoms. The number of hydrogen-bond donors (Lipinski definition) is 3. The van der Waals surface area contributed by atoms with Crippen molar-refractivity contribution < 1.29 is 80.2 Å². The van der Waals surface area contributed by atoms with Gasteiger partial charge in [0.25, 0.3) is 0 Å². The Balaban J connectivity index is 5.26. The molecule has 0 bridgehead atoms. The Bertz CT molecular complexity index is 1910. The van der Waals surface area contributed by atoms with Gasteiger partial charge in [-0.05, 0) is 43.4 Å². The predicted molar refractivity (Wildman–Crippen MR) is 400 cm³/mol. The van der Waals surface area contributed by atoms with Crippen molar-refractivity contribution in [3.8, 4) is 0 Å². The molecule has 0 rings (SSSR count). The molecule has 0 aliphatic carbocycles. The first-order chi connectivity index (χ1) is 47.3. The van der Waals surface area contributed by atoms with Crippen molar-refractivity contribution in [1.82, 2.24) is 0 Å². The van der Waals surface area contributed by atoms with Crippen molar-refractivity contribution >= 4 is 39.5 Å². The maximum absolute atomic E-state index is 13.1. The molecule has 17 nitrogen and oxygen atoms in total. The maximum atomic E-state index is 13.1. The van der Waals surface area contributed by atoms with Crippen molar-refractivity contribution in [2.75, 3.05) is 39.6 Å². The van der Waals surface area contributed by atoms with Crippen LogP contribution in [-0.2, 0) is 65.4 Å². The van der Waals surface area contributed by atoms with Crippen molar-refractivity contribution in [3.63, 3.8) is 0 Å². The molecule has 0 aliphatic heterocycles. The molecule has 0 radical (unpaired) electrons. The first kappa shape index (κ1) is 96.1. The molecular formula is C79H154O17P2. The van der Waals surface area contributed by atoms with E-state index in [1.807, 2.05) is 0 Å². The van der Waals surface area contributed by atoms with Crippen LogP contribution in [0.4, 0.5) is 0 Å². The van der Waals surface area contributed by atoms with Crippen LogP contribution in [0.5, 0.6) is 0 Å². The van der Waals surface area contributed by atoms with Gasteiger partial charge in [-0.3, -0.25) is 37.3 Å². The number of carbonyl (C=O) groups is 4. The van der Waals surface area contributed by atoms with E-state index in [0.29, 0.717) is 25.7 Å². The van der Waals surface area contributed by atoms with Crippen molar-refractivity contribution in [3.05, 3.63) is 0 Å². The first-order valence-electron chi connectivity index (χ1n) is 40.9. The monoisotopic (exact) mass is 1440 g/mol. The van der Waals surface area contributed by atoms with Crippen LogP contribution in [0.25, 0.3) is 0 Å². The highest BCUT2D eigenvalue weighted by atomic mass is 31.2. The van der Waals surface area contributed by atoms with Crippen molar-refractivity contribution in [1.29, 1.82) is 0 Å². The van der Waals surface area contributed by atoms with Gasteiger partial charge in [-0.15, -0.1) is 0 Å². The van der Waals surface area contributed by atoms with Crippen LogP contribution in [0, 0.1) is 17.8 Å². The zero-order valence-corrected chi connectivity index (χ0v) is 66.0. The molecule has 3 N–H and O–H groups in total. The van der Waals surface area contributed by atoms with Crippen LogP contribution in [0.15, 0.2) is 0 Å². The van der Waals surface area contributed by atoms with Crippen LogP contribution in [-0.4, -0.2) is 96.7 Å². The lowest BCUT2D eigenvalue weighted by molar-refractivity contribution is -0.161. The normalized spacial score (nSPS) is 14.6. The fourth-order valence-corrected chi connectivity index (χ4v) is 13.6. The average molecular weight is 1440 g/mol. The molecule has 0 spiro atoms. The van der Waals surface area contributed by atoms with E-state index in [0.717, 1.165) is 114 Å². The SMILES string of the molecule is CCCCCCCCCCCCCCCCCCC(=O)OC[C@H](COP(=O)(O)OC[C@@H](O)COP(=O)(O)OC[C@@H](COC(=O)CCCCCCCCC(C)CC)OC(=O)CCCCCCCCCCCCC(C)CC)OC(=O)CCCCCCCCCCCCCCCCCC(C)C. The third-order valence-electron chi connectivity index (χ3n) is 19.1. The minimum atomic E-state index is -4.96. The number of aliphatic hydroxyl groups excluding tert-OH is 1. The molecule has 7 atom stereocenters. The number of rotatable bonds is 77. The molecule has 0 amide bonds. The second-order valence-electron chi connectivity index (χ2n) is 29.4. The smallest absolute Gasteiger partial charge is 0.462 e. The van der Waals surface area contributed by atoms with E-state index in [1.165, 1.54) is 212 Å². The Morgan fingerprint density at radius 3 is 0.776 bits per heavy atom. The molecule has 0 aromatic carbocycles. The summed E-state index contributed by atoms with van der Waals surface area (Å²) in [6.45, 7) is 11.9. The van der Waals surface area contributed by atoms with Crippen molar-refractivity contribution in [2.24, 2.45) is 17.8 Å². The van der Waals surface area contributed by atoms with Crippen LogP contribution in [0.2, 0.25) is 0 Å². The van der Waals surface area contributed by atoms with E-state index in [1.54, 1.807) is 0 Å². The summed E-state index contributed by atoms with van der Waals surface area (Å²) in [6, 6.07) is 0. The number of ether oxygens (including phenoxy) is 4. The van der Waals surface area contributed by atoms with Gasteiger partial charge in [-0.25, -0.2) is 9.13 Å². The van der Waals surface area contributed by atoms with Gasteiger partial charge >= 0.3 is 39.5 Å². The Kier molecular flexibility index (Phi) is 68.1. The van der Waals surface area contributed by atoms with Crippen molar-refractivity contribution in [2.45, 2.75) is 426 Å². The topological polar surface area (TPSA) is 237 Å². The van der Waals surface area contributed by atoms with E-state index in [-0.39, 0.29) is 25.7 Å². The van der Waals surface area contributed by atoms with Crippen LogP contribution in [0.1, 0.15) is 408 Å². The minimum absolute atomic E-state index is 0.105. The quantitative estimate of drug-likeness (QED) is 0.0222. The fourth-order valence-electron chi connectivity index (χ4n) is 12.1. The van der Waals surface area contributed by atoms with Gasteiger partial charge in [0.2, 0.25) is 0 Å². The molecule has 0 saturated heterocycles. The fraction of sp³-hybridized carbons (Fsp3) is 0.949. The summed E-state index contributed by atoms with van der Waals surface area (Å²) in [6.07, 6.45) is 56.8. The summed E-state index contributed by atoms with van der Waals surface area (Å²) in [7, 11) is -9.92. The predicted octanol–water partition coefficient (Wildman–Crippen LogP) is 23.4. The lowest BCUT2D eigenvalue weighted by atomic mass is 9.99. The van der Waals surface area contributed by atoms with Crippen LogP contribution < -0.4 is 0 Å². The minimum Gasteiger partial charge on any atom is -0.462 e. The molecule has 19 heteroatoms. The standard InChI is InChI=1S/C79H154O17P2/c1-8-11-12-13-14-15-16-17-18-21-24-27-33-38-46-53-60-76(81)89-66-74(95-78(83)62-55-48-39-34-28-25-22-19-20-23-26-31-36-43-50-57-70(4)5)68-93-97(85,86)91-64-73(80)65-92-98(87,88)94-69-75(67-90-77(82)61-54-47-42-41-45-52-59-72(7)10-3)96-79(84)63-56-49-40-35-30-29-32-37-44-51-58-71(6)9-2/h70-75,80H,8-69H2,1-7H3,(H,85,86)(H,87,88)/t71?,72?,73-,74-,75-/m1/s1. The number of aliphatic hydroxyl groups is 1. The molecule has 0 aromatic rings. The summed E-state index contributed by atoms with van der Waals surface area (Å²) in [5.74, 6) is 0.222. The number of unbranched alkanes of at least 4 members (excludes halogenated alkanes) is 43. The third-order valence-corrected chi connectivity index (χ3v) is 21.0. The van der Waals surface area contributed by atoms with Gasteiger partial charge in [-0.2, -0.15) is 0 Å². The summed E-state index contributed by atoms with van der Waals surface area (Å²) < 4.78 is 68.7. The number of carbonyl (C=O) groups excluding carboxylic acids is 4. The highest BCUT2D eigenvalue weighted by Crippen LogP contribution is 2.45. The van der Waals surface area contributed by atoms with Gasteiger partial charge in [0.15, 0.2) is 12.2 Å². The zero-order chi connectivity index (χ0) is 72.3. The Hall–Kier alpha value is -1.94. The third kappa shape index (κ3) is 69.8. The Labute approximate surface area is 600 Å². The van der Waals surface area contributed by atoms with Crippen LogP contribution in [0.3, 0.4) is 0 Å². The number of phosphoric ester groups is 2. The summed E-state index contributed by atoms with van der Waals surface area (Å²) >= 11 is 0. The lowest BCUT2D eigenvalue weighted by Gasteiger charge is -2.21. The second-order valence-corrected chi connectivity index (χ2v) is 32.3. The summed E-state index contributed by atoms with van der Waals surface area (Å²) in [5.41, 5.74) is 0. The number of hydrogen-bond acceptors (Lipinski definition) is 15. The average Bonchev–Trinajstić information content (AvgIpc) is 1.01. The first-order valence-corrected chi connectivity index (χ1v) is 43.9. The maximum Gasteiger partial charge on any atom is 0.472 e. The molecule has 0 aliphatic rings. The van der Waals surface area contributed by atoms with Gasteiger partial charge in [0.05, 0.1) is 26.4 Å². The van der Waals surface area contributed by atoms with Gasteiger partial charge in [0, 0.05) is 25.7 Å². The summed E-state index contributed by atoms with van der Waals surface area (Å²) in [5, 5.41) is 10.6. The van der Waals surface area contributed by atoms with Gasteiger partial charge in [-0.1, -0.05) is 357 Å². The van der Waals surface area contributed by atoms with E-state index in [9.17, 15) is 43.2 Å². The molecular weight excluding hydrogens is 1280 g/mol. The molecule has 0 fully saturated rings. The number of phosphoric acid groups is 2. The van der Waals surface area contributed by atoms with Gasteiger partial charge < -0.3 is 33.8 Å². The Morgan fingerprint density at radius 1 is 0.296 bits per heavy atom. The molecule has 0 saturated carbocycles. The molecule has 582 valence electrons. The highest BCUT2D eigenvalue weighted by molar-refractivity contribution is 7.47. The Morgan fingerprint density at radius 2 is 0.520 bits per heavy atom. The van der Waals surface area contributed by atoms with E-state index in [2.05, 4.69) is 48.5 Å². The van der Waals surface area contributed by atoms with Crippen LogP contribution >= 0.6 is 15.6 Å². The molecule has 0 heterocycles. The molecule has 0 aromatic heterocycles. The zero-order valence-electron chi connectivity index (χ0n) is 64.3. The van der Waals surface area contributed by atoms with E-state index < -0.39 is 97.5 Å². The lowest BCUT2D eigenvalue weighted by Crippen LogP contribution is -2.30. The summed E-state index contributed by atoms with van der Waals surface area (Å²) in [4.78, 5) is 73.0. The van der Waals surface area contributed by atoms with E-state index >= 15 is 0 Å². The molecule has 4 unspecified atom stereocenters. The highest BCUT2D eigenvalue weighted by Gasteiger charge is 2.30. The number of esters is 4. The second kappa shape index (κ2) is 69.4. The van der Waals surface area contributed by atoms with Gasteiger partial charge in [0.1, 0.15) is 19.3 Å².